The molecule has 6 heavy (non-hydrogen) atoms. The summed E-state index contributed by atoms with van der Waals surface area (Å²) < 4.78 is 0. The van der Waals surface area contributed by atoms with E-state index in [9.17, 15) is 0 Å². The van der Waals surface area contributed by atoms with Gasteiger partial charge in [-0.1, -0.05) is 27.7 Å². The molecule has 0 aliphatic carbocycles. The molecule has 0 radical (unpaired) electrons. The molecule has 0 bridgehead atoms. The van der Waals surface area contributed by atoms with Crippen LogP contribution in [0.25, 0.3) is 0 Å². The minimum absolute atomic E-state index is 2.00. The van der Waals surface area contributed by atoms with E-state index in [1.54, 1.807) is 0 Å². The van der Waals surface area contributed by atoms with Crippen LogP contribution in [0.3, 0.4) is 0 Å². The van der Waals surface area contributed by atoms with Gasteiger partial charge in [0.1, 0.15) is 6.79 Å². The Morgan fingerprint density at radius 1 is 0.833 bits per heavy atom. The third-order valence-electron chi connectivity index (χ3n) is 0. The molecule has 40 valence electrons. The first kappa shape index (κ1) is 17.3. The largest absolute Gasteiger partial charge is 0.307 e. The highest BCUT2D eigenvalue weighted by Gasteiger charge is 0.934. The molecule has 0 saturated heterocycles. The second-order valence-electron chi connectivity index (χ2n) is 0. The quantitative estimate of drug-likeness (QED) is 0.443. The van der Waals surface area contributed by atoms with E-state index in [4.69, 9.17) is 4.79 Å². The van der Waals surface area contributed by atoms with Crippen molar-refractivity contribution in [2.24, 2.45) is 0 Å². The maximum Gasteiger partial charge on any atom is 0.106 e. The van der Waals surface area contributed by atoms with Gasteiger partial charge in [0.2, 0.25) is 0 Å². The molecule has 0 unspecified atom stereocenters. The lowest BCUT2D eigenvalue weighted by Gasteiger charge is -1.07. The van der Waals surface area contributed by atoms with Gasteiger partial charge in [-0.05, 0) is 0 Å². The van der Waals surface area contributed by atoms with Gasteiger partial charge in [-0.2, -0.15) is 0 Å². The van der Waals surface area contributed by atoms with Gasteiger partial charge >= 0.3 is 0 Å². The molecule has 0 N–H and O–H groups in total. The summed E-state index contributed by atoms with van der Waals surface area (Å²) in [6.07, 6.45) is 0. The van der Waals surface area contributed by atoms with Crippen molar-refractivity contribution in [3.05, 3.63) is 0 Å². The first-order valence-electron chi connectivity index (χ1n) is 2.29. The van der Waals surface area contributed by atoms with Crippen LogP contribution in [0.15, 0.2) is 0 Å². The molecule has 0 amide bonds. The van der Waals surface area contributed by atoms with Crippen LogP contribution >= 0.6 is 0 Å². The molecule has 0 atom stereocenters. The van der Waals surface area contributed by atoms with Crippen LogP contribution in [0.4, 0.5) is 0 Å². The van der Waals surface area contributed by atoms with E-state index in [1.165, 1.54) is 0 Å². The lowest BCUT2D eigenvalue weighted by molar-refractivity contribution is -0.0979. The molecule has 1 heteroatoms. The van der Waals surface area contributed by atoms with Gasteiger partial charge in [-0.3, -0.25) is 0 Å². The van der Waals surface area contributed by atoms with Crippen molar-refractivity contribution in [2.45, 2.75) is 27.7 Å². The molecule has 0 aliphatic heterocycles. The minimum Gasteiger partial charge on any atom is -0.307 e. The van der Waals surface area contributed by atoms with E-state index in [2.05, 4.69) is 0 Å². The molecule has 0 rings (SSSR count). The van der Waals surface area contributed by atoms with Gasteiger partial charge in [0.05, 0.1) is 0 Å². The van der Waals surface area contributed by atoms with Gasteiger partial charge in [0.15, 0.2) is 0 Å². The van der Waals surface area contributed by atoms with Crippen molar-refractivity contribution in [1.82, 2.24) is 0 Å². The van der Waals surface area contributed by atoms with Crippen LogP contribution in [-0.4, -0.2) is 6.79 Å². The zero-order valence-electron chi connectivity index (χ0n) is 5.12. The van der Waals surface area contributed by atoms with Gasteiger partial charge in [0.25, 0.3) is 0 Å². The van der Waals surface area contributed by atoms with Crippen molar-refractivity contribution in [3.8, 4) is 0 Å². The van der Waals surface area contributed by atoms with Crippen LogP contribution < -0.4 is 0 Å². The molecule has 0 spiro atoms. The monoisotopic (exact) mass is 90.1 g/mol. The Kier molecular flexibility index (Phi) is 1670. The van der Waals surface area contributed by atoms with Crippen LogP contribution in [0.2, 0.25) is 0 Å². The molecular formula is C5H14O. The van der Waals surface area contributed by atoms with Crippen molar-refractivity contribution in [1.29, 1.82) is 0 Å². The molecule has 0 aromatic carbocycles. The van der Waals surface area contributed by atoms with Crippen molar-refractivity contribution in [2.75, 3.05) is 0 Å². The van der Waals surface area contributed by atoms with Gasteiger partial charge in [-0.25, -0.2) is 0 Å². The Morgan fingerprint density at radius 3 is 0.833 bits per heavy atom. The molecule has 0 aromatic heterocycles. The summed E-state index contributed by atoms with van der Waals surface area (Å²) >= 11 is 0. The number of carbonyl (C=O) groups excluding carboxylic acids is 1. The number of hydrogen-bond donors (Lipinski definition) is 0. The summed E-state index contributed by atoms with van der Waals surface area (Å²) in [5.74, 6) is 0. The highest BCUT2D eigenvalue weighted by atomic mass is 16.1. The highest BCUT2D eigenvalue weighted by molar-refractivity contribution is 5.10. The first-order valence-corrected chi connectivity index (χ1v) is 2.29. The second kappa shape index (κ2) is 578. The standard InChI is InChI=1S/2C2H6.CH2O/c3*1-2/h2*1-2H3;1H2. The maximum absolute atomic E-state index is 8.00. The minimum atomic E-state index is 2.00. The van der Waals surface area contributed by atoms with Crippen molar-refractivity contribution in [3.63, 3.8) is 0 Å². The first-order chi connectivity index (χ1) is 3.00. The summed E-state index contributed by atoms with van der Waals surface area (Å²) in [5.41, 5.74) is 0. The Labute approximate surface area is 40.4 Å². The van der Waals surface area contributed by atoms with E-state index in [-0.39, 0.29) is 0 Å². The fourth-order valence-corrected chi connectivity index (χ4v) is 0. The fourth-order valence-electron chi connectivity index (χ4n) is 0. The van der Waals surface area contributed by atoms with E-state index in [0.29, 0.717) is 0 Å². The van der Waals surface area contributed by atoms with Crippen LogP contribution in [0.1, 0.15) is 27.7 Å². The predicted octanol–water partition coefficient (Wildman–Crippen LogP) is 1.87. The Bertz CT molecular complexity index is 3.90. The zero-order valence-corrected chi connectivity index (χ0v) is 5.12. The topological polar surface area (TPSA) is 17.1 Å². The summed E-state index contributed by atoms with van der Waals surface area (Å²) in [5, 5.41) is 0. The van der Waals surface area contributed by atoms with Crippen LogP contribution in [-0.2, 0) is 4.79 Å². The summed E-state index contributed by atoms with van der Waals surface area (Å²) in [6.45, 7) is 10.0. The van der Waals surface area contributed by atoms with Crippen molar-refractivity contribution >= 4 is 6.79 Å². The summed E-state index contributed by atoms with van der Waals surface area (Å²) in [4.78, 5) is 8.00. The van der Waals surface area contributed by atoms with Crippen molar-refractivity contribution < 1.29 is 4.79 Å². The third-order valence-corrected chi connectivity index (χ3v) is 0. The fraction of sp³-hybridized carbons (Fsp3) is 0.800. The average molecular weight is 90.2 g/mol. The van der Waals surface area contributed by atoms with Crippen LogP contribution in [0, 0.1) is 0 Å². The molecule has 1 nitrogen and oxygen atoms in total. The second-order valence-corrected chi connectivity index (χ2v) is 0. The maximum atomic E-state index is 8.00. The number of hydrogen-bond acceptors (Lipinski definition) is 1. The smallest absolute Gasteiger partial charge is 0.106 e. The summed E-state index contributed by atoms with van der Waals surface area (Å²) in [6, 6.07) is 0. The molecule has 0 aromatic rings. The van der Waals surface area contributed by atoms with Gasteiger partial charge in [-0.15, -0.1) is 0 Å². The normalized spacial score (nSPS) is 2.67. The average Bonchev–Trinajstić information content (AvgIpc) is 1.81. The third kappa shape index (κ3) is 240. The van der Waals surface area contributed by atoms with E-state index in [1.807, 2.05) is 34.5 Å². The lowest BCUT2D eigenvalue weighted by Crippen LogP contribution is -0.925. The predicted molar refractivity (Wildman–Crippen MR) is 29.8 cm³/mol. The Balaban J connectivity index is -0.0000000225. The number of carbonyl (C=O) groups is 1. The Morgan fingerprint density at radius 2 is 0.833 bits per heavy atom. The zero-order chi connectivity index (χ0) is 6.00. The summed E-state index contributed by atoms with van der Waals surface area (Å²) in [7, 11) is 0. The van der Waals surface area contributed by atoms with E-state index >= 15 is 0 Å². The molecule has 0 heterocycles. The molecule has 0 aliphatic rings. The van der Waals surface area contributed by atoms with E-state index in [0.717, 1.165) is 0 Å². The molecule has 0 fully saturated rings. The van der Waals surface area contributed by atoms with Crippen LogP contribution in [0.5, 0.6) is 0 Å². The van der Waals surface area contributed by atoms with E-state index < -0.39 is 0 Å². The Hall–Kier alpha value is -0.330. The lowest BCUT2D eigenvalue weighted by atomic mass is 11.0. The SMILES string of the molecule is C=O.CC.CC. The number of rotatable bonds is 0. The molecule has 0 saturated carbocycles. The molecular weight excluding hydrogens is 76.1 g/mol. The van der Waals surface area contributed by atoms with Gasteiger partial charge in [0, 0.05) is 0 Å². The van der Waals surface area contributed by atoms with Gasteiger partial charge < -0.3 is 4.79 Å². The highest BCUT2D eigenvalue weighted by Crippen LogP contribution is 1.15.